The molecule has 0 saturated carbocycles. The number of benzene rings is 2. The van der Waals surface area contributed by atoms with Crippen molar-refractivity contribution in [2.75, 3.05) is 11.9 Å². The van der Waals surface area contributed by atoms with Crippen LogP contribution in [-0.2, 0) is 0 Å². The molecule has 0 saturated heterocycles. The summed E-state index contributed by atoms with van der Waals surface area (Å²) in [5.41, 5.74) is 6.36. The number of halogens is 3. The number of hydrogen-bond donors (Lipinski definition) is 1. The number of ether oxygens (including phenoxy) is 1. The lowest BCUT2D eigenvalue weighted by atomic mass is 10.2. The number of carbonyl (C=O) groups excluding carboxylic acids is 2. The number of nitrogens with two attached hydrogens (primary N) is 1. The zero-order chi connectivity index (χ0) is 21.2. The minimum atomic E-state index is -4.78. The molecule has 0 unspecified atom stereocenters. The van der Waals surface area contributed by atoms with Crippen molar-refractivity contribution in [2.45, 2.75) is 6.36 Å². The van der Waals surface area contributed by atoms with Crippen LogP contribution in [0.5, 0.6) is 5.75 Å². The standard InChI is InChI=1S/C18H14F3N5O3/c1-25(12-4-2-11(3-5-12)15(22)27)17(28)16-23-10-26(24-16)13-6-8-14(9-7-13)29-18(19,20)21/h2-10H,1H3,(H2,22,27). The highest BCUT2D eigenvalue weighted by Crippen LogP contribution is 2.23. The number of rotatable bonds is 5. The van der Waals surface area contributed by atoms with Crippen molar-refractivity contribution in [3.63, 3.8) is 0 Å². The Morgan fingerprint density at radius 3 is 2.24 bits per heavy atom. The number of amides is 2. The molecule has 1 heterocycles. The van der Waals surface area contributed by atoms with Gasteiger partial charge in [-0.3, -0.25) is 9.59 Å². The van der Waals surface area contributed by atoms with Crippen LogP contribution in [0.1, 0.15) is 21.0 Å². The SMILES string of the molecule is CN(C(=O)c1ncn(-c2ccc(OC(F)(F)F)cc2)n1)c1ccc(C(N)=O)cc1. The van der Waals surface area contributed by atoms with E-state index in [9.17, 15) is 22.8 Å². The normalized spacial score (nSPS) is 11.2. The molecule has 0 fully saturated rings. The van der Waals surface area contributed by atoms with Crippen LogP contribution in [0.3, 0.4) is 0 Å². The lowest BCUT2D eigenvalue weighted by molar-refractivity contribution is -0.274. The molecule has 0 radical (unpaired) electrons. The second-order valence-electron chi connectivity index (χ2n) is 5.83. The Morgan fingerprint density at radius 2 is 1.69 bits per heavy atom. The molecular formula is C18H14F3N5O3. The van der Waals surface area contributed by atoms with Crippen LogP contribution in [0.15, 0.2) is 54.9 Å². The maximum Gasteiger partial charge on any atom is 0.573 e. The Balaban J connectivity index is 1.74. The number of aromatic nitrogens is 3. The highest BCUT2D eigenvalue weighted by molar-refractivity contribution is 6.03. The summed E-state index contributed by atoms with van der Waals surface area (Å²) in [4.78, 5) is 28.9. The number of alkyl halides is 3. The van der Waals surface area contributed by atoms with Gasteiger partial charge in [0.05, 0.1) is 5.69 Å². The summed E-state index contributed by atoms with van der Waals surface area (Å²) in [5, 5.41) is 4.05. The van der Waals surface area contributed by atoms with Gasteiger partial charge in [-0.05, 0) is 48.5 Å². The lowest BCUT2D eigenvalue weighted by Crippen LogP contribution is -2.27. The van der Waals surface area contributed by atoms with E-state index in [-0.39, 0.29) is 11.6 Å². The summed E-state index contributed by atoms with van der Waals surface area (Å²) >= 11 is 0. The minimum Gasteiger partial charge on any atom is -0.406 e. The molecule has 1 aromatic heterocycles. The third-order valence-electron chi connectivity index (χ3n) is 3.86. The van der Waals surface area contributed by atoms with Crippen LogP contribution >= 0.6 is 0 Å². The maximum absolute atomic E-state index is 12.6. The Bertz CT molecular complexity index is 1030. The minimum absolute atomic E-state index is 0.123. The van der Waals surface area contributed by atoms with E-state index in [1.807, 2.05) is 0 Å². The van der Waals surface area contributed by atoms with Gasteiger partial charge in [0.1, 0.15) is 12.1 Å². The highest BCUT2D eigenvalue weighted by atomic mass is 19.4. The fraction of sp³-hybridized carbons (Fsp3) is 0.111. The quantitative estimate of drug-likeness (QED) is 0.703. The average molecular weight is 405 g/mol. The number of hydrogen-bond acceptors (Lipinski definition) is 5. The van der Waals surface area contributed by atoms with Crippen molar-refractivity contribution < 1.29 is 27.5 Å². The van der Waals surface area contributed by atoms with Crippen molar-refractivity contribution in [2.24, 2.45) is 5.73 Å². The fourth-order valence-electron chi connectivity index (χ4n) is 2.40. The van der Waals surface area contributed by atoms with E-state index < -0.39 is 18.2 Å². The summed E-state index contributed by atoms with van der Waals surface area (Å²) in [6.07, 6.45) is -3.52. The Kier molecular flexibility index (Phi) is 5.22. The molecule has 11 heteroatoms. The lowest BCUT2D eigenvalue weighted by Gasteiger charge is -2.15. The Morgan fingerprint density at radius 1 is 1.07 bits per heavy atom. The third kappa shape index (κ3) is 4.69. The summed E-state index contributed by atoms with van der Waals surface area (Å²) in [5.74, 6) is -1.61. The molecule has 8 nitrogen and oxygen atoms in total. The van der Waals surface area contributed by atoms with E-state index in [0.717, 1.165) is 12.1 Å². The zero-order valence-corrected chi connectivity index (χ0v) is 14.9. The molecular weight excluding hydrogens is 391 g/mol. The number of nitrogens with zero attached hydrogens (tertiary/aromatic N) is 4. The van der Waals surface area contributed by atoms with Gasteiger partial charge in [0.25, 0.3) is 5.91 Å². The molecule has 0 spiro atoms. The summed E-state index contributed by atoms with van der Waals surface area (Å²) in [7, 11) is 1.51. The van der Waals surface area contributed by atoms with Gasteiger partial charge < -0.3 is 15.4 Å². The molecule has 0 aliphatic rings. The van der Waals surface area contributed by atoms with Crippen molar-refractivity contribution in [1.29, 1.82) is 0 Å². The monoisotopic (exact) mass is 405 g/mol. The molecule has 2 aromatic carbocycles. The first kappa shape index (κ1) is 19.9. The van der Waals surface area contributed by atoms with E-state index in [0.29, 0.717) is 16.9 Å². The van der Waals surface area contributed by atoms with E-state index in [1.54, 1.807) is 12.1 Å². The van der Waals surface area contributed by atoms with Crippen LogP contribution in [0, 0.1) is 0 Å². The van der Waals surface area contributed by atoms with Gasteiger partial charge >= 0.3 is 6.36 Å². The number of primary amides is 1. The van der Waals surface area contributed by atoms with E-state index in [1.165, 1.54) is 47.2 Å². The first-order valence-corrected chi connectivity index (χ1v) is 8.10. The van der Waals surface area contributed by atoms with Gasteiger partial charge in [-0.25, -0.2) is 9.67 Å². The topological polar surface area (TPSA) is 103 Å². The van der Waals surface area contributed by atoms with E-state index in [2.05, 4.69) is 14.8 Å². The van der Waals surface area contributed by atoms with Gasteiger partial charge in [0.2, 0.25) is 11.7 Å². The predicted octanol–water partition coefficient (Wildman–Crippen LogP) is 2.54. The van der Waals surface area contributed by atoms with Crippen LogP contribution < -0.4 is 15.4 Å². The Labute approximate surface area is 162 Å². The molecule has 0 bridgehead atoms. The molecule has 150 valence electrons. The van der Waals surface area contributed by atoms with Crippen molar-refractivity contribution in [3.8, 4) is 11.4 Å². The smallest absolute Gasteiger partial charge is 0.406 e. The van der Waals surface area contributed by atoms with Crippen LogP contribution in [0.4, 0.5) is 18.9 Å². The molecule has 0 aliphatic heterocycles. The van der Waals surface area contributed by atoms with Crippen molar-refractivity contribution in [1.82, 2.24) is 14.8 Å². The molecule has 3 rings (SSSR count). The summed E-state index contributed by atoms with van der Waals surface area (Å²) < 4.78 is 41.7. The van der Waals surface area contributed by atoms with Crippen molar-refractivity contribution in [3.05, 3.63) is 66.2 Å². The van der Waals surface area contributed by atoms with Gasteiger partial charge in [-0.2, -0.15) is 0 Å². The second-order valence-corrected chi connectivity index (χ2v) is 5.83. The van der Waals surface area contributed by atoms with E-state index >= 15 is 0 Å². The predicted molar refractivity (Wildman–Crippen MR) is 95.7 cm³/mol. The zero-order valence-electron chi connectivity index (χ0n) is 14.9. The molecule has 0 aliphatic carbocycles. The maximum atomic E-state index is 12.6. The number of anilines is 1. The van der Waals surface area contributed by atoms with Gasteiger partial charge in [-0.15, -0.1) is 18.3 Å². The average Bonchev–Trinajstić information content (AvgIpc) is 3.16. The molecule has 0 atom stereocenters. The number of carbonyl (C=O) groups is 2. The molecule has 3 aromatic rings. The third-order valence-corrected chi connectivity index (χ3v) is 3.86. The highest BCUT2D eigenvalue weighted by Gasteiger charge is 2.31. The van der Waals surface area contributed by atoms with Gasteiger partial charge in [-0.1, -0.05) is 0 Å². The molecule has 29 heavy (non-hydrogen) atoms. The summed E-state index contributed by atoms with van der Waals surface area (Å²) in [6, 6.07) is 11.0. The summed E-state index contributed by atoms with van der Waals surface area (Å²) in [6.45, 7) is 0. The Hall–Kier alpha value is -3.89. The van der Waals surface area contributed by atoms with Crippen LogP contribution in [-0.4, -0.2) is 40.0 Å². The molecule has 2 amide bonds. The van der Waals surface area contributed by atoms with Gasteiger partial charge in [0, 0.05) is 18.3 Å². The largest absolute Gasteiger partial charge is 0.573 e. The second kappa shape index (κ2) is 7.62. The van der Waals surface area contributed by atoms with Crippen LogP contribution in [0.2, 0.25) is 0 Å². The van der Waals surface area contributed by atoms with E-state index in [4.69, 9.17) is 5.73 Å². The molecule has 2 N–H and O–H groups in total. The first-order chi connectivity index (χ1) is 13.6. The van der Waals surface area contributed by atoms with Crippen molar-refractivity contribution >= 4 is 17.5 Å². The van der Waals surface area contributed by atoms with Gasteiger partial charge in [0.15, 0.2) is 0 Å². The van der Waals surface area contributed by atoms with Crippen LogP contribution in [0.25, 0.3) is 5.69 Å². The first-order valence-electron chi connectivity index (χ1n) is 8.10. The fourth-order valence-corrected chi connectivity index (χ4v) is 2.40.